The predicted molar refractivity (Wildman–Crippen MR) is 65.1 cm³/mol. The molecule has 0 fully saturated rings. The Balaban J connectivity index is 2.79. The second-order valence-electron chi connectivity index (χ2n) is 3.46. The molecule has 0 aliphatic rings. The molecular weight excluding hydrogens is 260 g/mol. The molecule has 98 valence electrons. The van der Waals surface area contributed by atoms with Crippen LogP contribution in [-0.4, -0.2) is 29.8 Å². The van der Waals surface area contributed by atoms with E-state index in [1.54, 1.807) is 6.92 Å². The number of carbonyl (C=O) groups is 2. The number of hydrogen-bond acceptors (Lipinski definition) is 4. The molecule has 1 aromatic rings. The summed E-state index contributed by atoms with van der Waals surface area (Å²) in [6, 6.07) is 4.01. The van der Waals surface area contributed by atoms with Crippen LogP contribution in [0.2, 0.25) is 5.02 Å². The van der Waals surface area contributed by atoms with Crippen LogP contribution in [0.25, 0.3) is 0 Å². The minimum absolute atomic E-state index is 0.0520. The van der Waals surface area contributed by atoms with Gasteiger partial charge in [-0.1, -0.05) is 11.6 Å². The van der Waals surface area contributed by atoms with E-state index in [9.17, 15) is 9.59 Å². The second kappa shape index (κ2) is 6.26. The van der Waals surface area contributed by atoms with E-state index >= 15 is 0 Å². The van der Waals surface area contributed by atoms with Gasteiger partial charge < -0.3 is 14.6 Å². The maximum absolute atomic E-state index is 11.3. The molecule has 1 unspecified atom stereocenters. The number of carboxylic acid groups (broad SMARTS) is 1. The van der Waals surface area contributed by atoms with Gasteiger partial charge in [-0.05, 0) is 32.0 Å². The van der Waals surface area contributed by atoms with Crippen LogP contribution in [0, 0.1) is 0 Å². The molecule has 0 aliphatic carbocycles. The second-order valence-corrected chi connectivity index (χ2v) is 3.87. The van der Waals surface area contributed by atoms with E-state index in [4.69, 9.17) is 26.2 Å². The highest BCUT2D eigenvalue weighted by molar-refractivity contribution is 6.32. The van der Waals surface area contributed by atoms with Gasteiger partial charge >= 0.3 is 11.9 Å². The van der Waals surface area contributed by atoms with Crippen LogP contribution in [0.15, 0.2) is 18.2 Å². The lowest BCUT2D eigenvalue weighted by molar-refractivity contribution is -0.150. The van der Waals surface area contributed by atoms with E-state index in [2.05, 4.69) is 0 Å². The summed E-state index contributed by atoms with van der Waals surface area (Å²) in [5.41, 5.74) is 0.0520. The number of aromatic carboxylic acids is 1. The van der Waals surface area contributed by atoms with Crippen molar-refractivity contribution in [2.75, 3.05) is 6.61 Å². The van der Waals surface area contributed by atoms with Crippen LogP contribution >= 0.6 is 11.6 Å². The van der Waals surface area contributed by atoms with E-state index in [0.717, 1.165) is 0 Å². The van der Waals surface area contributed by atoms with Crippen molar-refractivity contribution in [2.45, 2.75) is 20.0 Å². The fourth-order valence-corrected chi connectivity index (χ4v) is 1.45. The van der Waals surface area contributed by atoms with E-state index < -0.39 is 18.0 Å². The third-order valence-corrected chi connectivity index (χ3v) is 2.40. The Morgan fingerprint density at radius 1 is 1.44 bits per heavy atom. The topological polar surface area (TPSA) is 72.8 Å². The fourth-order valence-electron chi connectivity index (χ4n) is 1.23. The lowest BCUT2D eigenvalue weighted by atomic mass is 10.2. The van der Waals surface area contributed by atoms with Crippen LogP contribution in [-0.2, 0) is 9.53 Å². The van der Waals surface area contributed by atoms with E-state index in [-0.39, 0.29) is 22.9 Å². The first kappa shape index (κ1) is 14.3. The molecular formula is C12H13ClO5. The van der Waals surface area contributed by atoms with Gasteiger partial charge in [-0.2, -0.15) is 0 Å². The zero-order valence-corrected chi connectivity index (χ0v) is 10.7. The number of ether oxygens (including phenoxy) is 2. The van der Waals surface area contributed by atoms with Gasteiger partial charge in [0, 0.05) is 0 Å². The van der Waals surface area contributed by atoms with Gasteiger partial charge in [0.15, 0.2) is 6.10 Å². The Kier molecular flexibility index (Phi) is 4.97. The highest BCUT2D eigenvalue weighted by Crippen LogP contribution is 2.26. The van der Waals surface area contributed by atoms with Crippen LogP contribution in [0.4, 0.5) is 0 Å². The van der Waals surface area contributed by atoms with Gasteiger partial charge in [-0.15, -0.1) is 0 Å². The molecule has 0 radical (unpaired) electrons. The third kappa shape index (κ3) is 3.63. The SMILES string of the molecule is CCOC(=O)C(C)Oc1ccc(C(=O)O)cc1Cl. The average molecular weight is 273 g/mol. The summed E-state index contributed by atoms with van der Waals surface area (Å²) in [6.45, 7) is 3.48. The van der Waals surface area contributed by atoms with E-state index in [1.165, 1.54) is 25.1 Å². The minimum Gasteiger partial charge on any atom is -0.478 e. The zero-order valence-electron chi connectivity index (χ0n) is 9.97. The molecule has 1 atom stereocenters. The van der Waals surface area contributed by atoms with Crippen molar-refractivity contribution in [1.29, 1.82) is 0 Å². The first-order valence-electron chi connectivity index (χ1n) is 5.31. The average Bonchev–Trinajstić information content (AvgIpc) is 2.31. The summed E-state index contributed by atoms with van der Waals surface area (Å²) >= 11 is 5.86. The first-order chi connectivity index (χ1) is 8.45. The summed E-state index contributed by atoms with van der Waals surface area (Å²) in [6.07, 6.45) is -0.807. The van der Waals surface area contributed by atoms with Crippen molar-refractivity contribution in [3.8, 4) is 5.75 Å². The molecule has 0 saturated carbocycles. The number of halogens is 1. The first-order valence-corrected chi connectivity index (χ1v) is 5.69. The zero-order chi connectivity index (χ0) is 13.7. The highest BCUT2D eigenvalue weighted by Gasteiger charge is 2.17. The maximum atomic E-state index is 11.3. The van der Waals surface area contributed by atoms with Gasteiger partial charge in [-0.25, -0.2) is 9.59 Å². The van der Waals surface area contributed by atoms with Gasteiger partial charge in [0.2, 0.25) is 0 Å². The third-order valence-electron chi connectivity index (χ3n) is 2.10. The molecule has 0 bridgehead atoms. The van der Waals surface area contributed by atoms with Crippen LogP contribution < -0.4 is 4.74 Å². The van der Waals surface area contributed by atoms with E-state index in [1.807, 2.05) is 0 Å². The smallest absolute Gasteiger partial charge is 0.347 e. The number of hydrogen-bond donors (Lipinski definition) is 1. The van der Waals surface area contributed by atoms with Gasteiger partial charge in [0.1, 0.15) is 5.75 Å². The molecule has 5 nitrogen and oxygen atoms in total. The summed E-state index contributed by atoms with van der Waals surface area (Å²) in [4.78, 5) is 22.1. The van der Waals surface area contributed by atoms with E-state index in [0.29, 0.717) is 0 Å². The molecule has 0 amide bonds. The summed E-state index contributed by atoms with van der Waals surface area (Å²) in [5, 5.41) is 8.90. The largest absolute Gasteiger partial charge is 0.478 e. The Labute approximate surface area is 109 Å². The Bertz CT molecular complexity index is 458. The Morgan fingerprint density at radius 3 is 2.61 bits per heavy atom. The highest BCUT2D eigenvalue weighted by atomic mass is 35.5. The minimum atomic E-state index is -1.08. The molecule has 18 heavy (non-hydrogen) atoms. The fraction of sp³-hybridized carbons (Fsp3) is 0.333. The molecule has 0 spiro atoms. The maximum Gasteiger partial charge on any atom is 0.347 e. The normalized spacial score (nSPS) is 11.7. The van der Waals surface area contributed by atoms with Crippen molar-refractivity contribution in [3.05, 3.63) is 28.8 Å². The number of esters is 1. The molecule has 0 heterocycles. The van der Waals surface area contributed by atoms with Crippen molar-refractivity contribution in [1.82, 2.24) is 0 Å². The van der Waals surface area contributed by atoms with Crippen LogP contribution in [0.5, 0.6) is 5.75 Å². The standard InChI is InChI=1S/C12H13ClO5/c1-3-17-12(16)7(2)18-10-5-4-8(11(14)15)6-9(10)13/h4-7H,3H2,1-2H3,(H,14,15). The van der Waals surface area contributed by atoms with Crippen LogP contribution in [0.1, 0.15) is 24.2 Å². The number of benzene rings is 1. The summed E-state index contributed by atoms with van der Waals surface area (Å²) < 4.78 is 10.1. The lowest BCUT2D eigenvalue weighted by Gasteiger charge is -2.14. The predicted octanol–water partition coefficient (Wildman–Crippen LogP) is 2.37. The van der Waals surface area contributed by atoms with Crippen molar-refractivity contribution in [2.24, 2.45) is 0 Å². The molecule has 1 N–H and O–H groups in total. The van der Waals surface area contributed by atoms with Gasteiger partial charge in [0.25, 0.3) is 0 Å². The summed E-state index contributed by atoms with van der Waals surface area (Å²) in [5.74, 6) is -1.35. The quantitative estimate of drug-likeness (QED) is 0.833. The van der Waals surface area contributed by atoms with Gasteiger partial charge in [-0.3, -0.25) is 0 Å². The molecule has 0 aromatic heterocycles. The molecule has 0 saturated heterocycles. The Morgan fingerprint density at radius 2 is 2.11 bits per heavy atom. The lowest BCUT2D eigenvalue weighted by Crippen LogP contribution is -2.26. The number of carbonyl (C=O) groups excluding carboxylic acids is 1. The molecule has 1 rings (SSSR count). The monoisotopic (exact) mass is 272 g/mol. The van der Waals surface area contributed by atoms with Crippen molar-refractivity contribution >= 4 is 23.5 Å². The van der Waals surface area contributed by atoms with Crippen LogP contribution in [0.3, 0.4) is 0 Å². The van der Waals surface area contributed by atoms with Crippen molar-refractivity contribution in [3.63, 3.8) is 0 Å². The van der Waals surface area contributed by atoms with Gasteiger partial charge in [0.05, 0.1) is 17.2 Å². The molecule has 6 heteroatoms. The Hall–Kier alpha value is -1.75. The molecule has 0 aliphatic heterocycles. The van der Waals surface area contributed by atoms with Crippen molar-refractivity contribution < 1.29 is 24.2 Å². The molecule has 1 aromatic carbocycles. The number of carboxylic acids is 1. The number of rotatable bonds is 5. The summed E-state index contributed by atoms with van der Waals surface area (Å²) in [7, 11) is 0.